The van der Waals surface area contributed by atoms with Gasteiger partial charge in [0.05, 0.1) is 5.92 Å². The Morgan fingerprint density at radius 2 is 1.43 bits per heavy atom. The summed E-state index contributed by atoms with van der Waals surface area (Å²) in [6, 6.07) is 0. The molecule has 1 heterocycles. The lowest BCUT2D eigenvalue weighted by Gasteiger charge is -2.34. The van der Waals surface area contributed by atoms with Gasteiger partial charge in [-0.25, -0.2) is 0 Å². The Balaban J connectivity index is 2.63. The third-order valence-electron chi connectivity index (χ3n) is 5.30. The first kappa shape index (κ1) is 18.5. The number of cyclic esters (lactones) is 1. The normalized spacial score (nSPS) is 28.9. The molecule has 3 unspecified atom stereocenters. The fourth-order valence-corrected chi connectivity index (χ4v) is 4.01. The average molecular weight is 296 g/mol. The first-order chi connectivity index (χ1) is 10.1. The minimum Gasteiger partial charge on any atom is -0.459 e. The predicted octanol–water partition coefficient (Wildman–Crippen LogP) is 5.89. The Labute approximate surface area is 132 Å². The minimum atomic E-state index is -0.146. The Morgan fingerprint density at radius 3 is 2.00 bits per heavy atom. The van der Waals surface area contributed by atoms with Crippen LogP contribution in [0.2, 0.25) is 0 Å². The number of ether oxygens (including phenoxy) is 1. The minimum absolute atomic E-state index is 0.0481. The van der Waals surface area contributed by atoms with E-state index in [9.17, 15) is 4.79 Å². The standard InChI is InChI=1S/C19H36O2/c1-5-8-10-11-13-15-19(14-12-9-6-2)17(7-3)16(4)18(20)21-19/h16-17H,5-15H2,1-4H3. The van der Waals surface area contributed by atoms with Crippen molar-refractivity contribution < 1.29 is 9.53 Å². The van der Waals surface area contributed by atoms with Gasteiger partial charge in [0.2, 0.25) is 0 Å². The van der Waals surface area contributed by atoms with Crippen molar-refractivity contribution in [1.29, 1.82) is 0 Å². The summed E-state index contributed by atoms with van der Waals surface area (Å²) in [5.41, 5.74) is -0.146. The second-order valence-electron chi connectivity index (χ2n) is 6.91. The number of hydrogen-bond donors (Lipinski definition) is 0. The Morgan fingerprint density at radius 1 is 0.905 bits per heavy atom. The average Bonchev–Trinajstić information content (AvgIpc) is 2.70. The fraction of sp³-hybridized carbons (Fsp3) is 0.947. The van der Waals surface area contributed by atoms with Crippen LogP contribution < -0.4 is 0 Å². The van der Waals surface area contributed by atoms with Crippen LogP contribution in [0.5, 0.6) is 0 Å². The molecule has 0 spiro atoms. The van der Waals surface area contributed by atoms with E-state index in [1.807, 2.05) is 0 Å². The maximum atomic E-state index is 12.1. The molecule has 0 amide bonds. The Hall–Kier alpha value is -0.530. The van der Waals surface area contributed by atoms with Crippen molar-refractivity contribution in [1.82, 2.24) is 0 Å². The van der Waals surface area contributed by atoms with E-state index < -0.39 is 0 Å². The molecule has 0 aromatic carbocycles. The molecular formula is C19H36O2. The molecule has 2 nitrogen and oxygen atoms in total. The number of rotatable bonds is 11. The smallest absolute Gasteiger partial charge is 0.309 e. The van der Waals surface area contributed by atoms with E-state index in [-0.39, 0.29) is 17.5 Å². The molecule has 0 bridgehead atoms. The summed E-state index contributed by atoms with van der Waals surface area (Å²) in [6.07, 6.45) is 13.3. The Kier molecular flexibility index (Phi) is 8.36. The van der Waals surface area contributed by atoms with Gasteiger partial charge in [0.25, 0.3) is 0 Å². The van der Waals surface area contributed by atoms with Gasteiger partial charge >= 0.3 is 5.97 Å². The van der Waals surface area contributed by atoms with Crippen LogP contribution in [0.4, 0.5) is 0 Å². The lowest BCUT2D eigenvalue weighted by molar-refractivity contribution is -0.152. The van der Waals surface area contributed by atoms with Crippen LogP contribution in [0.1, 0.15) is 98.3 Å². The van der Waals surface area contributed by atoms with Gasteiger partial charge in [0.15, 0.2) is 0 Å². The maximum absolute atomic E-state index is 12.1. The lowest BCUT2D eigenvalue weighted by Crippen LogP contribution is -2.36. The van der Waals surface area contributed by atoms with Crippen LogP contribution in [0.15, 0.2) is 0 Å². The second kappa shape index (κ2) is 9.48. The molecule has 0 aromatic heterocycles. The van der Waals surface area contributed by atoms with E-state index in [2.05, 4.69) is 27.7 Å². The molecule has 3 atom stereocenters. The number of carbonyl (C=O) groups is 1. The van der Waals surface area contributed by atoms with Crippen LogP contribution in [0, 0.1) is 11.8 Å². The van der Waals surface area contributed by atoms with Crippen molar-refractivity contribution in [3.05, 3.63) is 0 Å². The number of hydrogen-bond acceptors (Lipinski definition) is 2. The lowest BCUT2D eigenvalue weighted by atomic mass is 9.74. The van der Waals surface area contributed by atoms with Crippen molar-refractivity contribution in [2.75, 3.05) is 0 Å². The first-order valence-corrected chi connectivity index (χ1v) is 9.34. The highest BCUT2D eigenvalue weighted by atomic mass is 16.6. The molecule has 0 saturated carbocycles. The van der Waals surface area contributed by atoms with Crippen molar-refractivity contribution in [3.8, 4) is 0 Å². The van der Waals surface area contributed by atoms with E-state index in [1.165, 1.54) is 51.4 Å². The molecule has 0 aromatic rings. The summed E-state index contributed by atoms with van der Waals surface area (Å²) >= 11 is 0. The zero-order valence-corrected chi connectivity index (χ0v) is 14.7. The molecule has 1 rings (SSSR count). The van der Waals surface area contributed by atoms with Gasteiger partial charge in [-0.05, 0) is 32.1 Å². The van der Waals surface area contributed by atoms with E-state index in [4.69, 9.17) is 4.74 Å². The van der Waals surface area contributed by atoms with Gasteiger partial charge in [-0.3, -0.25) is 4.79 Å². The van der Waals surface area contributed by atoms with E-state index >= 15 is 0 Å². The highest BCUT2D eigenvalue weighted by molar-refractivity contribution is 5.75. The van der Waals surface area contributed by atoms with E-state index in [0.29, 0.717) is 5.92 Å². The highest BCUT2D eigenvalue weighted by Crippen LogP contribution is 2.46. The van der Waals surface area contributed by atoms with Gasteiger partial charge < -0.3 is 4.74 Å². The topological polar surface area (TPSA) is 26.3 Å². The monoisotopic (exact) mass is 296 g/mol. The summed E-state index contributed by atoms with van der Waals surface area (Å²) < 4.78 is 5.98. The highest BCUT2D eigenvalue weighted by Gasteiger charge is 2.51. The zero-order valence-electron chi connectivity index (χ0n) is 14.7. The van der Waals surface area contributed by atoms with Crippen molar-refractivity contribution in [3.63, 3.8) is 0 Å². The predicted molar refractivity (Wildman–Crippen MR) is 89.3 cm³/mol. The molecule has 21 heavy (non-hydrogen) atoms. The quantitative estimate of drug-likeness (QED) is 0.351. The molecule has 1 aliphatic rings. The van der Waals surface area contributed by atoms with Gasteiger partial charge in [-0.15, -0.1) is 0 Å². The van der Waals surface area contributed by atoms with E-state index in [0.717, 1.165) is 19.3 Å². The van der Waals surface area contributed by atoms with Crippen molar-refractivity contribution in [2.24, 2.45) is 11.8 Å². The van der Waals surface area contributed by atoms with E-state index in [1.54, 1.807) is 0 Å². The molecular weight excluding hydrogens is 260 g/mol. The van der Waals surface area contributed by atoms with Crippen LogP contribution in [0.25, 0.3) is 0 Å². The van der Waals surface area contributed by atoms with Crippen LogP contribution in [0.3, 0.4) is 0 Å². The Bertz CT molecular complexity index is 300. The molecule has 0 N–H and O–H groups in total. The molecule has 0 radical (unpaired) electrons. The summed E-state index contributed by atoms with van der Waals surface area (Å²) in [6.45, 7) is 8.77. The van der Waals surface area contributed by atoms with Gasteiger partial charge in [-0.2, -0.15) is 0 Å². The second-order valence-corrected chi connectivity index (χ2v) is 6.91. The number of esters is 1. The van der Waals surface area contributed by atoms with Gasteiger partial charge in [0.1, 0.15) is 5.60 Å². The van der Waals surface area contributed by atoms with Crippen molar-refractivity contribution >= 4 is 5.97 Å². The van der Waals surface area contributed by atoms with Gasteiger partial charge in [-0.1, -0.05) is 66.2 Å². The third kappa shape index (κ3) is 5.00. The molecule has 1 saturated heterocycles. The van der Waals surface area contributed by atoms with Crippen LogP contribution in [-0.4, -0.2) is 11.6 Å². The third-order valence-corrected chi connectivity index (χ3v) is 5.30. The first-order valence-electron chi connectivity index (χ1n) is 9.34. The molecule has 1 fully saturated rings. The van der Waals surface area contributed by atoms with Crippen LogP contribution in [-0.2, 0) is 9.53 Å². The molecule has 124 valence electrons. The zero-order chi connectivity index (χ0) is 15.7. The van der Waals surface area contributed by atoms with Crippen molar-refractivity contribution in [2.45, 2.75) is 104 Å². The molecule has 1 aliphatic heterocycles. The summed E-state index contributed by atoms with van der Waals surface area (Å²) in [7, 11) is 0. The summed E-state index contributed by atoms with van der Waals surface area (Å²) in [5, 5.41) is 0. The largest absolute Gasteiger partial charge is 0.459 e. The molecule has 2 heteroatoms. The summed E-state index contributed by atoms with van der Waals surface area (Å²) in [4.78, 5) is 12.1. The SMILES string of the molecule is CCCCCCCC1(CCCCC)OC(=O)C(C)C1CC. The maximum Gasteiger partial charge on any atom is 0.309 e. The number of carbonyl (C=O) groups excluding carboxylic acids is 1. The summed E-state index contributed by atoms with van der Waals surface area (Å²) in [5.74, 6) is 0.562. The van der Waals surface area contributed by atoms with Crippen LogP contribution >= 0.6 is 0 Å². The van der Waals surface area contributed by atoms with Gasteiger partial charge in [0, 0.05) is 5.92 Å². The molecule has 0 aliphatic carbocycles. The fourth-order valence-electron chi connectivity index (χ4n) is 4.01. The number of unbranched alkanes of at least 4 members (excludes halogenated alkanes) is 6.